The van der Waals surface area contributed by atoms with Gasteiger partial charge >= 0.3 is 12.2 Å². The van der Waals surface area contributed by atoms with Crippen molar-refractivity contribution in [3.63, 3.8) is 0 Å². The first kappa shape index (κ1) is 17.7. The molecule has 1 aliphatic heterocycles. The summed E-state index contributed by atoms with van der Waals surface area (Å²) >= 11 is 0. The van der Waals surface area contributed by atoms with Crippen LogP contribution in [0.4, 0.5) is 22.4 Å². The second kappa shape index (κ2) is 6.62. The Morgan fingerprint density at radius 1 is 1.04 bits per heavy atom. The number of alkyl halides is 3. The van der Waals surface area contributed by atoms with Crippen molar-refractivity contribution in [2.24, 2.45) is 0 Å². The maximum Gasteiger partial charge on any atom is 0.416 e. The fraction of sp³-hybridized carbons (Fsp3) is 0.111. The zero-order valence-electron chi connectivity index (χ0n) is 13.2. The van der Waals surface area contributed by atoms with E-state index in [0.29, 0.717) is 5.56 Å². The molecule has 0 aliphatic carbocycles. The number of carbonyl (C=O) groups is 2. The predicted octanol–water partition coefficient (Wildman–Crippen LogP) is 3.94. The van der Waals surface area contributed by atoms with E-state index in [9.17, 15) is 27.2 Å². The SMILES string of the molecule is O=C1N/C(=C\c2cccc(C(F)(F)F)c2)C(=O)N1Cc1ccc(F)cc1. The summed E-state index contributed by atoms with van der Waals surface area (Å²) in [6.07, 6.45) is -3.33. The second-order valence-electron chi connectivity index (χ2n) is 5.63. The van der Waals surface area contributed by atoms with Gasteiger partial charge in [0.05, 0.1) is 12.1 Å². The molecule has 2 aromatic rings. The van der Waals surface area contributed by atoms with Crippen LogP contribution >= 0.6 is 0 Å². The number of rotatable bonds is 3. The summed E-state index contributed by atoms with van der Waals surface area (Å²) in [4.78, 5) is 25.2. The molecule has 1 aliphatic rings. The molecule has 8 heteroatoms. The maximum absolute atomic E-state index is 12.9. The Balaban J connectivity index is 1.82. The van der Waals surface area contributed by atoms with Crippen LogP contribution in [0.2, 0.25) is 0 Å². The molecule has 0 atom stereocenters. The number of nitrogens with zero attached hydrogens (tertiary/aromatic N) is 1. The molecule has 134 valence electrons. The molecule has 0 spiro atoms. The molecule has 1 heterocycles. The first-order valence-corrected chi connectivity index (χ1v) is 7.50. The zero-order chi connectivity index (χ0) is 18.9. The molecular weight excluding hydrogens is 352 g/mol. The van der Waals surface area contributed by atoms with Crippen molar-refractivity contribution in [3.8, 4) is 0 Å². The molecule has 1 N–H and O–H groups in total. The number of amides is 3. The van der Waals surface area contributed by atoms with Gasteiger partial charge in [0.25, 0.3) is 5.91 Å². The summed E-state index contributed by atoms with van der Waals surface area (Å²) in [5, 5.41) is 2.34. The third-order valence-corrected chi connectivity index (χ3v) is 3.74. The molecule has 0 saturated carbocycles. The highest BCUT2D eigenvalue weighted by Crippen LogP contribution is 2.30. The molecule has 0 bridgehead atoms. The molecule has 1 saturated heterocycles. The van der Waals surface area contributed by atoms with Crippen molar-refractivity contribution in [3.05, 3.63) is 76.7 Å². The largest absolute Gasteiger partial charge is 0.416 e. The Kier molecular flexibility index (Phi) is 4.50. The minimum absolute atomic E-state index is 0.0785. The minimum Gasteiger partial charge on any atom is -0.303 e. The van der Waals surface area contributed by atoms with E-state index >= 15 is 0 Å². The summed E-state index contributed by atoms with van der Waals surface area (Å²) in [6, 6.07) is 8.98. The number of urea groups is 1. The smallest absolute Gasteiger partial charge is 0.303 e. The van der Waals surface area contributed by atoms with E-state index in [-0.39, 0.29) is 17.8 Å². The van der Waals surface area contributed by atoms with Crippen LogP contribution in [0.25, 0.3) is 6.08 Å². The summed E-state index contributed by atoms with van der Waals surface area (Å²) < 4.78 is 51.2. The Morgan fingerprint density at radius 2 is 1.73 bits per heavy atom. The van der Waals surface area contributed by atoms with Gasteiger partial charge in [0.1, 0.15) is 11.5 Å². The number of benzene rings is 2. The van der Waals surface area contributed by atoms with E-state index in [2.05, 4.69) is 5.32 Å². The van der Waals surface area contributed by atoms with Crippen molar-refractivity contribution < 1.29 is 27.2 Å². The van der Waals surface area contributed by atoms with E-state index in [1.54, 1.807) is 0 Å². The van der Waals surface area contributed by atoms with E-state index in [1.807, 2.05) is 0 Å². The van der Waals surface area contributed by atoms with E-state index in [4.69, 9.17) is 0 Å². The Labute approximate surface area is 145 Å². The first-order valence-electron chi connectivity index (χ1n) is 7.50. The number of carbonyl (C=O) groups excluding carboxylic acids is 2. The zero-order valence-corrected chi connectivity index (χ0v) is 13.2. The predicted molar refractivity (Wildman–Crippen MR) is 84.9 cm³/mol. The van der Waals surface area contributed by atoms with Crippen LogP contribution in [-0.4, -0.2) is 16.8 Å². The monoisotopic (exact) mass is 364 g/mol. The van der Waals surface area contributed by atoms with Gasteiger partial charge in [-0.2, -0.15) is 13.2 Å². The van der Waals surface area contributed by atoms with Crippen molar-refractivity contribution in [2.75, 3.05) is 0 Å². The maximum atomic E-state index is 12.9. The van der Waals surface area contributed by atoms with E-state index in [0.717, 1.165) is 17.0 Å². The number of hydrogen-bond donors (Lipinski definition) is 1. The Hall–Kier alpha value is -3.16. The molecular formula is C18H12F4N2O2. The lowest BCUT2D eigenvalue weighted by molar-refractivity contribution is -0.137. The van der Waals surface area contributed by atoms with Crippen molar-refractivity contribution in [1.29, 1.82) is 0 Å². The molecule has 0 aromatic heterocycles. The number of halogens is 4. The average molecular weight is 364 g/mol. The Bertz CT molecular complexity index is 889. The van der Waals surface area contributed by atoms with Gasteiger partial charge in [-0.15, -0.1) is 0 Å². The minimum atomic E-state index is -4.51. The number of hydrogen-bond acceptors (Lipinski definition) is 2. The highest BCUT2D eigenvalue weighted by Gasteiger charge is 2.34. The molecule has 3 amide bonds. The molecule has 2 aromatic carbocycles. The van der Waals surface area contributed by atoms with E-state index < -0.39 is 29.5 Å². The van der Waals surface area contributed by atoms with Gasteiger partial charge in [0.15, 0.2) is 0 Å². The second-order valence-corrected chi connectivity index (χ2v) is 5.63. The van der Waals surface area contributed by atoms with Crippen LogP contribution < -0.4 is 5.32 Å². The van der Waals surface area contributed by atoms with Gasteiger partial charge in [-0.05, 0) is 41.5 Å². The van der Waals surface area contributed by atoms with Gasteiger partial charge in [0, 0.05) is 0 Å². The van der Waals surface area contributed by atoms with Crippen LogP contribution in [0.3, 0.4) is 0 Å². The lowest BCUT2D eigenvalue weighted by Crippen LogP contribution is -2.30. The van der Waals surface area contributed by atoms with Crippen molar-refractivity contribution >= 4 is 18.0 Å². The normalized spacial score (nSPS) is 16.3. The van der Waals surface area contributed by atoms with Crippen molar-refractivity contribution in [1.82, 2.24) is 10.2 Å². The summed E-state index contributed by atoms with van der Waals surface area (Å²) in [5.74, 6) is -1.12. The molecule has 4 nitrogen and oxygen atoms in total. The molecule has 3 rings (SSSR count). The van der Waals surface area contributed by atoms with Gasteiger partial charge in [-0.25, -0.2) is 9.18 Å². The van der Waals surface area contributed by atoms with Crippen LogP contribution in [0.1, 0.15) is 16.7 Å². The quantitative estimate of drug-likeness (QED) is 0.510. The molecule has 26 heavy (non-hydrogen) atoms. The van der Waals surface area contributed by atoms with Gasteiger partial charge in [-0.3, -0.25) is 9.69 Å². The number of nitrogens with one attached hydrogen (secondary N) is 1. The van der Waals surface area contributed by atoms with Crippen LogP contribution in [0.15, 0.2) is 54.2 Å². The first-order chi connectivity index (χ1) is 12.2. The molecule has 1 fully saturated rings. The summed E-state index contributed by atoms with van der Waals surface area (Å²) in [7, 11) is 0. The van der Waals surface area contributed by atoms with E-state index in [1.165, 1.54) is 42.5 Å². The fourth-order valence-corrected chi connectivity index (χ4v) is 2.46. The highest BCUT2D eigenvalue weighted by atomic mass is 19.4. The lowest BCUT2D eigenvalue weighted by atomic mass is 10.1. The van der Waals surface area contributed by atoms with Gasteiger partial charge in [0.2, 0.25) is 0 Å². The highest BCUT2D eigenvalue weighted by molar-refractivity contribution is 6.13. The van der Waals surface area contributed by atoms with Gasteiger partial charge < -0.3 is 5.32 Å². The topological polar surface area (TPSA) is 49.4 Å². The average Bonchev–Trinajstić information content (AvgIpc) is 2.84. The van der Waals surface area contributed by atoms with Crippen LogP contribution in [-0.2, 0) is 17.5 Å². The van der Waals surface area contributed by atoms with Gasteiger partial charge in [-0.1, -0.05) is 24.3 Å². The summed E-state index contributed by atoms with van der Waals surface area (Å²) in [5.41, 5.74) is -0.314. The van der Waals surface area contributed by atoms with Crippen LogP contribution in [0.5, 0.6) is 0 Å². The Morgan fingerprint density at radius 3 is 2.38 bits per heavy atom. The fourth-order valence-electron chi connectivity index (χ4n) is 2.46. The lowest BCUT2D eigenvalue weighted by Gasteiger charge is -2.11. The van der Waals surface area contributed by atoms with Crippen LogP contribution in [0, 0.1) is 5.82 Å². The molecule has 0 radical (unpaired) electrons. The molecule has 0 unspecified atom stereocenters. The standard InChI is InChI=1S/C18H12F4N2O2/c19-14-6-4-11(5-7-14)10-24-16(25)15(23-17(24)26)9-12-2-1-3-13(8-12)18(20,21)22/h1-9H,10H2,(H,23,26)/b15-9-. The summed E-state index contributed by atoms with van der Waals surface area (Å²) in [6.45, 7) is -0.0785. The van der Waals surface area contributed by atoms with Crippen molar-refractivity contribution in [2.45, 2.75) is 12.7 Å². The third kappa shape index (κ3) is 3.74. The number of imide groups is 1. The third-order valence-electron chi connectivity index (χ3n) is 3.74.